The zero-order valence-electron chi connectivity index (χ0n) is 12.1. The predicted molar refractivity (Wildman–Crippen MR) is 90.5 cm³/mol. The highest BCUT2D eigenvalue weighted by Crippen LogP contribution is 2.28. The van der Waals surface area contributed by atoms with Crippen LogP contribution >= 0.6 is 23.2 Å². The summed E-state index contributed by atoms with van der Waals surface area (Å²) in [5.74, 6) is 0.669. The largest absolute Gasteiger partial charge is 0.341 e. The quantitative estimate of drug-likeness (QED) is 0.803. The van der Waals surface area contributed by atoms with Crippen LogP contribution in [-0.2, 0) is 11.2 Å². The topological polar surface area (TPSA) is 20.3 Å². The second-order valence-corrected chi connectivity index (χ2v) is 6.49. The highest BCUT2D eigenvalue weighted by Gasteiger charge is 2.31. The number of carbonyl (C=O) groups is 1. The van der Waals surface area contributed by atoms with E-state index in [0.29, 0.717) is 28.8 Å². The number of halogens is 2. The molecule has 1 aliphatic rings. The molecule has 3 rings (SSSR count). The van der Waals surface area contributed by atoms with Crippen molar-refractivity contribution in [3.63, 3.8) is 0 Å². The molecule has 0 bridgehead atoms. The molecule has 1 saturated heterocycles. The Morgan fingerprint density at radius 2 is 1.82 bits per heavy atom. The number of nitrogens with zero attached hydrogens (tertiary/aromatic N) is 1. The molecule has 0 unspecified atom stereocenters. The van der Waals surface area contributed by atoms with Crippen molar-refractivity contribution in [2.45, 2.75) is 18.8 Å². The van der Waals surface area contributed by atoms with Crippen LogP contribution in [0.4, 0.5) is 0 Å². The molecule has 1 amide bonds. The van der Waals surface area contributed by atoms with Gasteiger partial charge in [-0.15, -0.1) is 0 Å². The zero-order valence-corrected chi connectivity index (χ0v) is 13.6. The van der Waals surface area contributed by atoms with Crippen molar-refractivity contribution < 1.29 is 4.79 Å². The maximum Gasteiger partial charge on any atom is 0.222 e. The zero-order chi connectivity index (χ0) is 15.5. The molecule has 2 aromatic carbocycles. The molecule has 0 atom stereocenters. The number of aryl methyl sites for hydroxylation is 1. The average Bonchev–Trinajstić information content (AvgIpc) is 2.46. The summed E-state index contributed by atoms with van der Waals surface area (Å²) < 4.78 is 0. The van der Waals surface area contributed by atoms with Crippen molar-refractivity contribution in [2.24, 2.45) is 0 Å². The lowest BCUT2D eigenvalue weighted by atomic mass is 9.91. The van der Waals surface area contributed by atoms with Gasteiger partial charge in [0.15, 0.2) is 0 Å². The van der Waals surface area contributed by atoms with Gasteiger partial charge in [-0.05, 0) is 29.7 Å². The third-order valence-electron chi connectivity index (χ3n) is 4.13. The number of likely N-dealkylation sites (tertiary alicyclic amines) is 1. The molecule has 0 N–H and O–H groups in total. The minimum atomic E-state index is 0.193. The summed E-state index contributed by atoms with van der Waals surface area (Å²) in [5.41, 5.74) is 2.28. The molecule has 114 valence electrons. The smallest absolute Gasteiger partial charge is 0.222 e. The third kappa shape index (κ3) is 3.45. The van der Waals surface area contributed by atoms with E-state index in [2.05, 4.69) is 12.1 Å². The minimum absolute atomic E-state index is 0.193. The second-order valence-electron chi connectivity index (χ2n) is 5.64. The second kappa shape index (κ2) is 6.72. The van der Waals surface area contributed by atoms with Gasteiger partial charge in [0.2, 0.25) is 5.91 Å². The first-order valence-electron chi connectivity index (χ1n) is 7.40. The van der Waals surface area contributed by atoms with Crippen LogP contribution in [0.25, 0.3) is 0 Å². The molecule has 0 radical (unpaired) electrons. The van der Waals surface area contributed by atoms with Gasteiger partial charge < -0.3 is 4.90 Å². The van der Waals surface area contributed by atoms with E-state index < -0.39 is 0 Å². The first-order valence-corrected chi connectivity index (χ1v) is 8.16. The van der Waals surface area contributed by atoms with Gasteiger partial charge in [0.25, 0.3) is 0 Å². The Labute approximate surface area is 140 Å². The van der Waals surface area contributed by atoms with Gasteiger partial charge in [-0.2, -0.15) is 0 Å². The van der Waals surface area contributed by atoms with Crippen molar-refractivity contribution in [1.29, 1.82) is 0 Å². The van der Waals surface area contributed by atoms with Crippen LogP contribution < -0.4 is 0 Å². The van der Waals surface area contributed by atoms with Crippen molar-refractivity contribution in [1.82, 2.24) is 4.90 Å². The fraction of sp³-hybridized carbons (Fsp3) is 0.278. The summed E-state index contributed by atoms with van der Waals surface area (Å²) in [4.78, 5) is 14.1. The summed E-state index contributed by atoms with van der Waals surface area (Å²) in [6.45, 7) is 1.63. The molecule has 0 aliphatic carbocycles. The lowest BCUT2D eigenvalue weighted by molar-refractivity contribution is -0.135. The molecule has 0 aromatic heterocycles. The van der Waals surface area contributed by atoms with E-state index in [1.165, 1.54) is 5.56 Å². The number of hydrogen-bond acceptors (Lipinski definition) is 1. The average molecular weight is 334 g/mol. The number of amides is 1. The van der Waals surface area contributed by atoms with Gasteiger partial charge in [0.1, 0.15) is 0 Å². The first kappa shape index (κ1) is 15.4. The van der Waals surface area contributed by atoms with E-state index in [-0.39, 0.29) is 5.91 Å². The maximum atomic E-state index is 12.2. The van der Waals surface area contributed by atoms with E-state index in [1.807, 2.05) is 35.2 Å². The predicted octanol–water partition coefficient (Wildman–Crippen LogP) is 4.55. The van der Waals surface area contributed by atoms with E-state index in [1.54, 1.807) is 6.07 Å². The lowest BCUT2D eigenvalue weighted by Crippen LogP contribution is -2.48. The SMILES string of the molecule is O=C(CCc1ccc(Cl)cc1Cl)N1CC(c2ccccc2)C1. The van der Waals surface area contributed by atoms with Crippen LogP contribution in [0.1, 0.15) is 23.5 Å². The summed E-state index contributed by atoms with van der Waals surface area (Å²) in [6.07, 6.45) is 1.14. The Bertz CT molecular complexity index is 666. The molecule has 1 aliphatic heterocycles. The Balaban J connectivity index is 1.50. The number of hydrogen-bond donors (Lipinski definition) is 0. The van der Waals surface area contributed by atoms with Crippen LogP contribution in [0, 0.1) is 0 Å². The molecule has 4 heteroatoms. The molecule has 1 heterocycles. The Kier molecular flexibility index (Phi) is 4.70. The molecule has 2 nitrogen and oxygen atoms in total. The van der Waals surface area contributed by atoms with Crippen LogP contribution in [0.2, 0.25) is 10.0 Å². The normalized spacial score (nSPS) is 14.7. The van der Waals surface area contributed by atoms with Crippen LogP contribution in [0.15, 0.2) is 48.5 Å². The lowest BCUT2D eigenvalue weighted by Gasteiger charge is -2.39. The number of rotatable bonds is 4. The van der Waals surface area contributed by atoms with Crippen molar-refractivity contribution >= 4 is 29.1 Å². The molecular formula is C18H17Cl2NO. The molecule has 0 saturated carbocycles. The van der Waals surface area contributed by atoms with Crippen molar-refractivity contribution in [2.75, 3.05) is 13.1 Å². The summed E-state index contributed by atoms with van der Waals surface area (Å²) in [5, 5.41) is 1.25. The standard InChI is InChI=1S/C18H17Cl2NO/c19-16-8-6-14(17(20)10-16)7-9-18(22)21-11-15(12-21)13-4-2-1-3-5-13/h1-6,8,10,15H,7,9,11-12H2. The summed E-state index contributed by atoms with van der Waals surface area (Å²) in [6, 6.07) is 15.8. The number of carbonyl (C=O) groups excluding carboxylic acids is 1. The molecule has 1 fully saturated rings. The van der Waals surface area contributed by atoms with Crippen LogP contribution in [0.3, 0.4) is 0 Å². The minimum Gasteiger partial charge on any atom is -0.341 e. The maximum absolute atomic E-state index is 12.2. The Hall–Kier alpha value is -1.51. The fourth-order valence-corrected chi connectivity index (χ4v) is 3.25. The van der Waals surface area contributed by atoms with Crippen LogP contribution in [-0.4, -0.2) is 23.9 Å². The monoisotopic (exact) mass is 333 g/mol. The van der Waals surface area contributed by atoms with E-state index in [9.17, 15) is 4.79 Å². The highest BCUT2D eigenvalue weighted by molar-refractivity contribution is 6.35. The summed E-state index contributed by atoms with van der Waals surface area (Å²) >= 11 is 12.0. The van der Waals surface area contributed by atoms with Gasteiger partial charge in [-0.3, -0.25) is 4.79 Å². The Morgan fingerprint density at radius 1 is 1.09 bits per heavy atom. The Morgan fingerprint density at radius 3 is 2.50 bits per heavy atom. The van der Waals surface area contributed by atoms with Crippen molar-refractivity contribution in [3.8, 4) is 0 Å². The number of benzene rings is 2. The van der Waals surface area contributed by atoms with Gasteiger partial charge in [-0.1, -0.05) is 59.6 Å². The molecular weight excluding hydrogens is 317 g/mol. The van der Waals surface area contributed by atoms with Gasteiger partial charge in [-0.25, -0.2) is 0 Å². The van der Waals surface area contributed by atoms with Gasteiger partial charge >= 0.3 is 0 Å². The van der Waals surface area contributed by atoms with E-state index in [4.69, 9.17) is 23.2 Å². The molecule has 22 heavy (non-hydrogen) atoms. The van der Waals surface area contributed by atoms with Crippen molar-refractivity contribution in [3.05, 3.63) is 69.7 Å². The van der Waals surface area contributed by atoms with E-state index in [0.717, 1.165) is 18.7 Å². The summed E-state index contributed by atoms with van der Waals surface area (Å²) in [7, 11) is 0. The van der Waals surface area contributed by atoms with E-state index >= 15 is 0 Å². The third-order valence-corrected chi connectivity index (χ3v) is 4.72. The fourth-order valence-electron chi connectivity index (χ4n) is 2.74. The van der Waals surface area contributed by atoms with Gasteiger partial charge in [0.05, 0.1) is 0 Å². The first-order chi connectivity index (χ1) is 10.6. The van der Waals surface area contributed by atoms with Gasteiger partial charge in [0, 0.05) is 35.5 Å². The van der Waals surface area contributed by atoms with Crippen LogP contribution in [0.5, 0.6) is 0 Å². The molecule has 0 spiro atoms. The highest BCUT2D eigenvalue weighted by atomic mass is 35.5. The molecule has 2 aromatic rings.